The molecule has 372 valence electrons. The average molecular weight is 904 g/mol. The van der Waals surface area contributed by atoms with E-state index in [1.807, 2.05) is 7.05 Å². The summed E-state index contributed by atoms with van der Waals surface area (Å²) in [5, 5.41) is 0. The van der Waals surface area contributed by atoms with Crippen LogP contribution in [0.3, 0.4) is 0 Å². The monoisotopic (exact) mass is 904 g/mol. The van der Waals surface area contributed by atoms with Gasteiger partial charge in [0.2, 0.25) is 0 Å². The lowest BCUT2D eigenvalue weighted by atomic mass is 10.1. The largest absolute Gasteiger partial charge is 0.508 e. The molecule has 10 heteroatoms. The highest BCUT2D eigenvalue weighted by molar-refractivity contribution is 5.69. The molecule has 0 heterocycles. The second-order valence-electron chi connectivity index (χ2n) is 17.0. The highest BCUT2D eigenvalue weighted by Crippen LogP contribution is 2.16. The Morgan fingerprint density at radius 2 is 0.953 bits per heavy atom. The van der Waals surface area contributed by atoms with Crippen molar-refractivity contribution >= 4 is 18.1 Å². The normalized spacial score (nSPS) is 12.5. The predicted molar refractivity (Wildman–Crippen MR) is 264 cm³/mol. The van der Waals surface area contributed by atoms with Gasteiger partial charge in [-0.05, 0) is 148 Å². The molecule has 0 rings (SSSR count). The van der Waals surface area contributed by atoms with Gasteiger partial charge in [-0.3, -0.25) is 9.59 Å². The van der Waals surface area contributed by atoms with Crippen LogP contribution in [0.4, 0.5) is 4.79 Å². The van der Waals surface area contributed by atoms with Crippen molar-refractivity contribution in [3.05, 3.63) is 48.6 Å². The summed E-state index contributed by atoms with van der Waals surface area (Å²) in [4.78, 5) is 39.8. The van der Waals surface area contributed by atoms with Gasteiger partial charge in [-0.25, -0.2) is 4.79 Å². The first-order valence-corrected chi connectivity index (χ1v) is 26.0. The molecule has 1 atom stereocenters. The van der Waals surface area contributed by atoms with Gasteiger partial charge in [0.25, 0.3) is 0 Å². The summed E-state index contributed by atoms with van der Waals surface area (Å²) in [6.07, 6.45) is 43.4. The number of rotatable bonds is 47. The third-order valence-corrected chi connectivity index (χ3v) is 10.9. The van der Waals surface area contributed by atoms with Crippen LogP contribution in [0.15, 0.2) is 48.6 Å². The summed E-state index contributed by atoms with van der Waals surface area (Å²) in [5.74, 6) is -0.403. The van der Waals surface area contributed by atoms with Crippen LogP contribution in [-0.4, -0.2) is 88.6 Å². The minimum atomic E-state index is -0.653. The van der Waals surface area contributed by atoms with Crippen LogP contribution in [0.25, 0.3) is 0 Å². The fourth-order valence-corrected chi connectivity index (χ4v) is 6.80. The van der Waals surface area contributed by atoms with Crippen LogP contribution < -0.4 is 0 Å². The van der Waals surface area contributed by atoms with Crippen molar-refractivity contribution in [1.82, 2.24) is 4.90 Å². The zero-order valence-electron chi connectivity index (χ0n) is 41.9. The molecular formula is C54H97NO9. The van der Waals surface area contributed by atoms with E-state index in [1.54, 1.807) is 0 Å². The maximum Gasteiger partial charge on any atom is 0.508 e. The van der Waals surface area contributed by atoms with Crippen LogP contribution in [0.2, 0.25) is 0 Å². The Balaban J connectivity index is 4.56. The molecule has 0 aliphatic heterocycles. The lowest BCUT2D eigenvalue weighted by Gasteiger charge is -2.19. The maximum atomic E-state index is 12.7. The molecule has 0 aromatic carbocycles. The fourth-order valence-electron chi connectivity index (χ4n) is 6.80. The minimum absolute atomic E-state index is 0.141. The Morgan fingerprint density at radius 1 is 0.469 bits per heavy atom. The van der Waals surface area contributed by atoms with Gasteiger partial charge in [0.15, 0.2) is 6.29 Å². The summed E-state index contributed by atoms with van der Waals surface area (Å²) in [5.41, 5.74) is 0. The molecule has 0 aromatic heterocycles. The van der Waals surface area contributed by atoms with Crippen LogP contribution in [-0.2, 0) is 38.0 Å². The van der Waals surface area contributed by atoms with E-state index in [-0.39, 0.29) is 24.5 Å². The molecule has 0 aliphatic rings. The summed E-state index contributed by atoms with van der Waals surface area (Å²) >= 11 is 0. The van der Waals surface area contributed by atoms with Gasteiger partial charge in [-0.15, -0.1) is 0 Å². The highest BCUT2D eigenvalue weighted by Gasteiger charge is 2.17. The fraction of sp³-hybridized carbons (Fsp3) is 0.796. The highest BCUT2D eigenvalue weighted by atomic mass is 16.7. The number of esters is 2. The second-order valence-corrected chi connectivity index (χ2v) is 17.0. The Labute approximate surface area is 392 Å². The van der Waals surface area contributed by atoms with E-state index < -0.39 is 12.4 Å². The van der Waals surface area contributed by atoms with Gasteiger partial charge in [0, 0.05) is 32.6 Å². The van der Waals surface area contributed by atoms with Crippen molar-refractivity contribution in [3.8, 4) is 0 Å². The third-order valence-electron chi connectivity index (χ3n) is 10.9. The third kappa shape index (κ3) is 45.6. The van der Waals surface area contributed by atoms with Crippen molar-refractivity contribution in [2.75, 3.05) is 53.2 Å². The number of hydrogen-bond donors (Lipinski definition) is 0. The predicted octanol–water partition coefficient (Wildman–Crippen LogP) is 14.5. The van der Waals surface area contributed by atoms with E-state index in [2.05, 4.69) is 81.2 Å². The molecule has 0 amide bonds. The van der Waals surface area contributed by atoms with Crippen LogP contribution >= 0.6 is 0 Å². The second kappa shape index (κ2) is 49.5. The first-order chi connectivity index (χ1) is 31.4. The molecular weight excluding hydrogens is 807 g/mol. The number of hydrogen-bond acceptors (Lipinski definition) is 10. The molecule has 0 bridgehead atoms. The first-order valence-electron chi connectivity index (χ1n) is 26.0. The Bertz CT molecular complexity index is 1150. The molecule has 1 unspecified atom stereocenters. The lowest BCUT2D eigenvalue weighted by Crippen LogP contribution is -2.23. The number of unbranched alkanes of at least 4 members (excludes halogenated alkanes) is 14. The Morgan fingerprint density at radius 3 is 1.52 bits per heavy atom. The van der Waals surface area contributed by atoms with Gasteiger partial charge in [-0.2, -0.15) is 0 Å². The van der Waals surface area contributed by atoms with Crippen LogP contribution in [0.1, 0.15) is 214 Å². The zero-order chi connectivity index (χ0) is 46.8. The van der Waals surface area contributed by atoms with Crippen LogP contribution in [0, 0.1) is 0 Å². The molecule has 0 aliphatic carbocycles. The average Bonchev–Trinajstić information content (AvgIpc) is 3.29. The van der Waals surface area contributed by atoms with Gasteiger partial charge in [0.05, 0.1) is 26.2 Å². The van der Waals surface area contributed by atoms with E-state index >= 15 is 0 Å². The molecule has 0 radical (unpaired) electrons. The van der Waals surface area contributed by atoms with Crippen molar-refractivity contribution in [2.45, 2.75) is 226 Å². The molecule has 64 heavy (non-hydrogen) atoms. The SMILES string of the molecule is CC/C=C\CCCCOC(CCC(=O)OCCCCC(CCCCOC(=O)CCCCCCC/C=C\C/C=C\CCCCC)OC(=O)OCCCN(C)CC)OCCCC/C=C\CC. The van der Waals surface area contributed by atoms with E-state index in [0.717, 1.165) is 116 Å². The molecule has 0 fully saturated rings. The van der Waals surface area contributed by atoms with Crippen molar-refractivity contribution in [2.24, 2.45) is 0 Å². The standard InChI is InChI=1S/C54H97NO9/c1-6-10-13-16-19-20-21-22-23-24-25-26-27-28-31-41-51(56)59-45-36-32-39-50(64-54(58)63-49-38-44-55(5)9-4)40-33-37-46-60-52(57)42-43-53(61-47-34-29-17-14-11-7-2)62-48-35-30-18-15-12-8-3/h11-12,14-15,19-20,22-23,50,53H,6-10,13,16-18,21,24-49H2,1-5H3/b14-11-,15-12-,20-19-,23-22-. The molecule has 10 nitrogen and oxygen atoms in total. The van der Waals surface area contributed by atoms with Crippen molar-refractivity contribution < 1.29 is 42.8 Å². The Hall–Kier alpha value is -2.95. The number of carbonyl (C=O) groups is 3. The molecule has 0 saturated heterocycles. The lowest BCUT2D eigenvalue weighted by molar-refractivity contribution is -0.159. The minimum Gasteiger partial charge on any atom is -0.466 e. The van der Waals surface area contributed by atoms with E-state index in [1.165, 1.54) is 38.5 Å². The number of allylic oxidation sites excluding steroid dienone is 8. The number of carbonyl (C=O) groups excluding carboxylic acids is 3. The molecule has 0 aromatic rings. The smallest absolute Gasteiger partial charge is 0.466 e. The summed E-state index contributed by atoms with van der Waals surface area (Å²) < 4.78 is 34.3. The maximum absolute atomic E-state index is 12.7. The molecule has 0 saturated carbocycles. The summed E-state index contributed by atoms with van der Waals surface area (Å²) in [6.45, 7) is 12.6. The quantitative estimate of drug-likeness (QED) is 0.0192. The van der Waals surface area contributed by atoms with E-state index in [4.69, 9.17) is 28.4 Å². The summed E-state index contributed by atoms with van der Waals surface area (Å²) in [7, 11) is 2.03. The van der Waals surface area contributed by atoms with Crippen molar-refractivity contribution in [3.63, 3.8) is 0 Å². The van der Waals surface area contributed by atoms with Gasteiger partial charge in [-0.1, -0.05) is 108 Å². The first kappa shape index (κ1) is 61.0. The summed E-state index contributed by atoms with van der Waals surface area (Å²) in [6, 6.07) is 0. The van der Waals surface area contributed by atoms with Gasteiger partial charge >= 0.3 is 18.1 Å². The molecule has 0 spiro atoms. The number of nitrogens with zero attached hydrogens (tertiary/aromatic N) is 1. The van der Waals surface area contributed by atoms with Gasteiger partial charge in [0.1, 0.15) is 6.10 Å². The van der Waals surface area contributed by atoms with E-state index in [9.17, 15) is 14.4 Å². The van der Waals surface area contributed by atoms with Crippen LogP contribution in [0.5, 0.6) is 0 Å². The number of ether oxygens (including phenoxy) is 6. The zero-order valence-corrected chi connectivity index (χ0v) is 41.9. The van der Waals surface area contributed by atoms with Crippen molar-refractivity contribution in [1.29, 1.82) is 0 Å². The molecule has 0 N–H and O–H groups in total. The topological polar surface area (TPSA) is 110 Å². The Kier molecular flexibility index (Phi) is 47.2. The van der Waals surface area contributed by atoms with Gasteiger partial charge < -0.3 is 33.3 Å². The van der Waals surface area contributed by atoms with E-state index in [0.29, 0.717) is 71.6 Å².